The van der Waals surface area contributed by atoms with E-state index >= 15 is 0 Å². The largest absolute Gasteiger partial charge is 0.385 e. The maximum atomic E-state index is 11.9. The van der Waals surface area contributed by atoms with Crippen LogP contribution in [0.3, 0.4) is 0 Å². The van der Waals surface area contributed by atoms with Crippen molar-refractivity contribution >= 4 is 23.4 Å². The molecule has 0 radical (unpaired) electrons. The van der Waals surface area contributed by atoms with E-state index in [1.807, 2.05) is 19.2 Å². The van der Waals surface area contributed by atoms with E-state index in [-0.39, 0.29) is 11.9 Å². The molecule has 0 aromatic carbocycles. The van der Waals surface area contributed by atoms with Crippen LogP contribution in [0.1, 0.15) is 30.8 Å². The van der Waals surface area contributed by atoms with Crippen molar-refractivity contribution in [2.75, 3.05) is 23.9 Å². The summed E-state index contributed by atoms with van der Waals surface area (Å²) in [6, 6.07) is 3.82. The first-order valence-corrected chi connectivity index (χ1v) is 7.56. The van der Waals surface area contributed by atoms with Crippen molar-refractivity contribution in [1.29, 1.82) is 0 Å². The molecule has 1 amide bonds. The van der Waals surface area contributed by atoms with Crippen LogP contribution < -0.4 is 10.6 Å². The summed E-state index contributed by atoms with van der Waals surface area (Å²) in [4.78, 5) is 16.0. The van der Waals surface area contributed by atoms with Crippen molar-refractivity contribution in [3.8, 4) is 0 Å². The Morgan fingerprint density at radius 2 is 2.33 bits per heavy atom. The first kappa shape index (κ1) is 14.8. The summed E-state index contributed by atoms with van der Waals surface area (Å²) in [5, 5.41) is 6.17. The van der Waals surface area contributed by atoms with Crippen molar-refractivity contribution in [2.24, 2.45) is 0 Å². The maximum absolute atomic E-state index is 11.9. The SMILES string of the molecule is CCCNc1ccnc(C(=O)NC(C)CSC)c1. The molecule has 1 atom stereocenters. The van der Waals surface area contributed by atoms with Crippen molar-refractivity contribution in [1.82, 2.24) is 10.3 Å². The van der Waals surface area contributed by atoms with Crippen LogP contribution in [0.15, 0.2) is 18.3 Å². The number of anilines is 1. The van der Waals surface area contributed by atoms with E-state index in [4.69, 9.17) is 0 Å². The fourth-order valence-corrected chi connectivity index (χ4v) is 2.11. The number of nitrogens with zero attached hydrogens (tertiary/aromatic N) is 1. The molecule has 0 spiro atoms. The number of carbonyl (C=O) groups excluding carboxylic acids is 1. The Bertz CT molecular complexity index is 384. The molecule has 2 N–H and O–H groups in total. The molecule has 100 valence electrons. The molecule has 1 aromatic heterocycles. The monoisotopic (exact) mass is 267 g/mol. The molecule has 0 fully saturated rings. The number of pyridine rings is 1. The van der Waals surface area contributed by atoms with Crippen molar-refractivity contribution in [3.05, 3.63) is 24.0 Å². The Morgan fingerprint density at radius 3 is 3.00 bits per heavy atom. The van der Waals surface area contributed by atoms with E-state index in [0.29, 0.717) is 5.69 Å². The molecule has 1 rings (SSSR count). The van der Waals surface area contributed by atoms with Gasteiger partial charge in [0.15, 0.2) is 0 Å². The van der Waals surface area contributed by atoms with Crippen LogP contribution in [-0.2, 0) is 0 Å². The number of thioether (sulfide) groups is 1. The first-order valence-electron chi connectivity index (χ1n) is 6.17. The Hall–Kier alpha value is -1.23. The number of carbonyl (C=O) groups is 1. The fraction of sp³-hybridized carbons (Fsp3) is 0.538. The lowest BCUT2D eigenvalue weighted by molar-refractivity contribution is 0.0939. The average molecular weight is 267 g/mol. The third kappa shape index (κ3) is 4.96. The Labute approximate surface area is 113 Å². The van der Waals surface area contributed by atoms with Crippen LogP contribution in [0.5, 0.6) is 0 Å². The van der Waals surface area contributed by atoms with E-state index in [0.717, 1.165) is 24.4 Å². The molecule has 5 heteroatoms. The van der Waals surface area contributed by atoms with Crippen LogP contribution in [0.2, 0.25) is 0 Å². The quantitative estimate of drug-likeness (QED) is 0.796. The number of aromatic nitrogens is 1. The van der Waals surface area contributed by atoms with E-state index in [1.54, 1.807) is 24.0 Å². The smallest absolute Gasteiger partial charge is 0.270 e. The third-order valence-electron chi connectivity index (χ3n) is 2.37. The molecule has 1 unspecified atom stereocenters. The van der Waals surface area contributed by atoms with Gasteiger partial charge >= 0.3 is 0 Å². The van der Waals surface area contributed by atoms with Crippen molar-refractivity contribution in [2.45, 2.75) is 26.3 Å². The minimum absolute atomic E-state index is 0.114. The van der Waals surface area contributed by atoms with Gasteiger partial charge in [-0.15, -0.1) is 0 Å². The molecule has 18 heavy (non-hydrogen) atoms. The second kappa shape index (κ2) is 7.97. The van der Waals surface area contributed by atoms with Gasteiger partial charge in [-0.05, 0) is 31.7 Å². The predicted molar refractivity (Wildman–Crippen MR) is 78.3 cm³/mol. The van der Waals surface area contributed by atoms with Gasteiger partial charge in [0.2, 0.25) is 0 Å². The van der Waals surface area contributed by atoms with Gasteiger partial charge in [0, 0.05) is 30.2 Å². The number of hydrogen-bond acceptors (Lipinski definition) is 4. The van der Waals surface area contributed by atoms with Gasteiger partial charge in [-0.2, -0.15) is 11.8 Å². The summed E-state index contributed by atoms with van der Waals surface area (Å²) in [7, 11) is 0. The molecular formula is C13H21N3OS. The van der Waals surface area contributed by atoms with E-state index < -0.39 is 0 Å². The molecule has 0 aliphatic heterocycles. The van der Waals surface area contributed by atoms with Crippen LogP contribution in [-0.4, -0.2) is 35.5 Å². The van der Waals surface area contributed by atoms with Crippen molar-refractivity contribution in [3.63, 3.8) is 0 Å². The Balaban J connectivity index is 2.62. The third-order valence-corrected chi connectivity index (χ3v) is 3.20. The van der Waals surface area contributed by atoms with Gasteiger partial charge in [-0.25, -0.2) is 0 Å². The molecule has 0 aliphatic carbocycles. The lowest BCUT2D eigenvalue weighted by Gasteiger charge is -2.12. The van der Waals surface area contributed by atoms with Gasteiger partial charge in [0.05, 0.1) is 0 Å². The van der Waals surface area contributed by atoms with Crippen LogP contribution in [0.4, 0.5) is 5.69 Å². The fourth-order valence-electron chi connectivity index (χ4n) is 1.52. The highest BCUT2D eigenvalue weighted by Gasteiger charge is 2.10. The highest BCUT2D eigenvalue weighted by Crippen LogP contribution is 2.08. The highest BCUT2D eigenvalue weighted by molar-refractivity contribution is 7.98. The molecular weight excluding hydrogens is 246 g/mol. The van der Waals surface area contributed by atoms with E-state index in [2.05, 4.69) is 22.5 Å². The second-order valence-electron chi connectivity index (χ2n) is 4.19. The number of rotatable bonds is 7. The van der Waals surface area contributed by atoms with E-state index in [9.17, 15) is 4.79 Å². The van der Waals surface area contributed by atoms with E-state index in [1.165, 1.54) is 0 Å². The normalized spacial score (nSPS) is 11.9. The number of amides is 1. The minimum Gasteiger partial charge on any atom is -0.385 e. The summed E-state index contributed by atoms with van der Waals surface area (Å²) in [5.41, 5.74) is 1.40. The van der Waals surface area contributed by atoms with Gasteiger partial charge in [0.25, 0.3) is 5.91 Å². The Morgan fingerprint density at radius 1 is 1.56 bits per heavy atom. The average Bonchev–Trinajstić information content (AvgIpc) is 2.37. The van der Waals surface area contributed by atoms with Gasteiger partial charge in [-0.1, -0.05) is 6.92 Å². The first-order chi connectivity index (χ1) is 8.67. The van der Waals surface area contributed by atoms with Crippen LogP contribution in [0, 0.1) is 0 Å². The number of nitrogens with one attached hydrogen (secondary N) is 2. The summed E-state index contributed by atoms with van der Waals surface area (Å²) in [5.74, 6) is 0.788. The standard InChI is InChI=1S/C13H21N3OS/c1-4-6-14-11-5-7-15-12(8-11)13(17)16-10(2)9-18-3/h5,7-8,10H,4,6,9H2,1-3H3,(H,14,15)(H,16,17). The molecule has 1 aromatic rings. The molecule has 4 nitrogen and oxygen atoms in total. The summed E-state index contributed by atoms with van der Waals surface area (Å²) in [6.45, 7) is 4.99. The second-order valence-corrected chi connectivity index (χ2v) is 5.10. The molecule has 0 saturated heterocycles. The topological polar surface area (TPSA) is 54.0 Å². The summed E-state index contributed by atoms with van der Waals surface area (Å²) in [6.07, 6.45) is 4.73. The summed E-state index contributed by atoms with van der Waals surface area (Å²) >= 11 is 1.71. The van der Waals surface area contributed by atoms with Gasteiger partial charge < -0.3 is 10.6 Å². The lowest BCUT2D eigenvalue weighted by atomic mass is 10.2. The van der Waals surface area contributed by atoms with Crippen LogP contribution >= 0.6 is 11.8 Å². The molecule has 0 aliphatic rings. The molecule has 1 heterocycles. The van der Waals surface area contributed by atoms with Gasteiger partial charge in [-0.3, -0.25) is 9.78 Å². The predicted octanol–water partition coefficient (Wildman–Crippen LogP) is 2.38. The minimum atomic E-state index is -0.114. The number of hydrogen-bond donors (Lipinski definition) is 2. The highest BCUT2D eigenvalue weighted by atomic mass is 32.2. The molecule has 0 bridgehead atoms. The zero-order valence-corrected chi connectivity index (χ0v) is 12.0. The summed E-state index contributed by atoms with van der Waals surface area (Å²) < 4.78 is 0. The zero-order chi connectivity index (χ0) is 13.4. The van der Waals surface area contributed by atoms with Gasteiger partial charge in [0.1, 0.15) is 5.69 Å². The lowest BCUT2D eigenvalue weighted by Crippen LogP contribution is -2.34. The zero-order valence-electron chi connectivity index (χ0n) is 11.2. The van der Waals surface area contributed by atoms with Crippen molar-refractivity contribution < 1.29 is 4.79 Å². The Kier molecular flexibility index (Phi) is 6.57. The van der Waals surface area contributed by atoms with Crippen LogP contribution in [0.25, 0.3) is 0 Å². The molecule has 0 saturated carbocycles. The maximum Gasteiger partial charge on any atom is 0.270 e.